The highest BCUT2D eigenvalue weighted by Crippen LogP contribution is 2.26. The molecular formula is C14H18ClN3O3. The quantitative estimate of drug-likeness (QED) is 0.755. The number of nitrogens with zero attached hydrogens (tertiary/aromatic N) is 2. The van der Waals surface area contributed by atoms with Crippen molar-refractivity contribution in [1.82, 2.24) is 15.5 Å². The second-order valence-electron chi connectivity index (χ2n) is 4.46. The molecule has 0 saturated heterocycles. The van der Waals surface area contributed by atoms with Crippen molar-refractivity contribution in [2.24, 2.45) is 0 Å². The Bertz CT molecular complexity index is 574. The summed E-state index contributed by atoms with van der Waals surface area (Å²) in [5.74, 6) is 1.60. The smallest absolute Gasteiger partial charge is 0.264 e. The lowest BCUT2D eigenvalue weighted by Crippen LogP contribution is -2.18. The summed E-state index contributed by atoms with van der Waals surface area (Å²) in [6, 6.07) is 5.66. The maximum Gasteiger partial charge on any atom is 0.264 e. The van der Waals surface area contributed by atoms with Gasteiger partial charge in [-0.3, -0.25) is 0 Å². The molecule has 7 heteroatoms. The number of aryl methyl sites for hydroxylation is 1. The van der Waals surface area contributed by atoms with E-state index in [1.54, 1.807) is 14.0 Å². The molecule has 0 aliphatic carbocycles. The summed E-state index contributed by atoms with van der Waals surface area (Å²) in [6.07, 6.45) is 0. The molecule has 0 aliphatic rings. The van der Waals surface area contributed by atoms with E-state index < -0.39 is 0 Å². The molecule has 0 aliphatic heterocycles. The summed E-state index contributed by atoms with van der Waals surface area (Å²) >= 11 is 6.20. The third-order valence-electron chi connectivity index (χ3n) is 2.73. The summed E-state index contributed by atoms with van der Waals surface area (Å²) in [5.41, 5.74) is 1.08. The van der Waals surface area contributed by atoms with Crippen LogP contribution in [-0.2, 0) is 17.9 Å². The fourth-order valence-corrected chi connectivity index (χ4v) is 1.97. The Balaban J connectivity index is 1.86. The number of rotatable bonds is 8. The lowest BCUT2D eigenvalue weighted by Gasteiger charge is -2.09. The van der Waals surface area contributed by atoms with Crippen LogP contribution in [0.1, 0.15) is 17.3 Å². The average Bonchev–Trinajstić information content (AvgIpc) is 2.88. The first-order valence-electron chi connectivity index (χ1n) is 6.59. The lowest BCUT2D eigenvalue weighted by molar-refractivity contribution is 0.199. The number of hydrogen-bond acceptors (Lipinski definition) is 6. The first kappa shape index (κ1) is 15.8. The van der Waals surface area contributed by atoms with E-state index in [0.717, 1.165) is 18.7 Å². The zero-order chi connectivity index (χ0) is 15.1. The topological polar surface area (TPSA) is 69.4 Å². The maximum atomic E-state index is 6.20. The van der Waals surface area contributed by atoms with Crippen LogP contribution < -0.4 is 10.1 Å². The van der Waals surface area contributed by atoms with Crippen LogP contribution in [0.25, 0.3) is 0 Å². The van der Waals surface area contributed by atoms with Gasteiger partial charge in [-0.05, 0) is 24.6 Å². The molecule has 1 aromatic heterocycles. The average molecular weight is 312 g/mol. The van der Waals surface area contributed by atoms with Gasteiger partial charge >= 0.3 is 0 Å². The standard InChI is InChI=1S/C14H18ClN3O3/c1-10-17-14(21-18-10)9-20-13-4-3-11(7-12(13)15)8-16-5-6-19-2/h3-4,7,16H,5-6,8-9H2,1-2H3. The largest absolute Gasteiger partial charge is 0.482 e. The predicted octanol–water partition coefficient (Wildman–Crippen LogP) is 2.35. The van der Waals surface area contributed by atoms with Crippen LogP contribution in [0.2, 0.25) is 5.02 Å². The van der Waals surface area contributed by atoms with Gasteiger partial charge in [0.1, 0.15) is 5.75 Å². The molecule has 0 saturated carbocycles. The SMILES string of the molecule is COCCNCc1ccc(OCc2nc(C)no2)c(Cl)c1. The molecule has 114 valence electrons. The van der Waals surface area contributed by atoms with Crippen LogP contribution in [0.4, 0.5) is 0 Å². The van der Waals surface area contributed by atoms with Gasteiger partial charge in [-0.2, -0.15) is 4.98 Å². The molecule has 0 atom stereocenters. The zero-order valence-corrected chi connectivity index (χ0v) is 12.8. The zero-order valence-electron chi connectivity index (χ0n) is 12.1. The van der Waals surface area contributed by atoms with Gasteiger partial charge in [0.25, 0.3) is 5.89 Å². The summed E-state index contributed by atoms with van der Waals surface area (Å²) in [4.78, 5) is 4.06. The molecule has 1 heterocycles. The molecule has 0 fully saturated rings. The van der Waals surface area contributed by atoms with Crippen molar-refractivity contribution in [3.05, 3.63) is 40.5 Å². The molecule has 0 radical (unpaired) electrons. The van der Waals surface area contributed by atoms with Crippen molar-refractivity contribution < 1.29 is 14.0 Å². The van der Waals surface area contributed by atoms with Gasteiger partial charge in [0.2, 0.25) is 0 Å². The minimum Gasteiger partial charge on any atom is -0.482 e. The van der Waals surface area contributed by atoms with Crippen LogP contribution in [0, 0.1) is 6.92 Å². The molecule has 0 amide bonds. The Morgan fingerprint density at radius 3 is 2.90 bits per heavy atom. The highest BCUT2D eigenvalue weighted by atomic mass is 35.5. The Labute approximate surface area is 128 Å². The van der Waals surface area contributed by atoms with Crippen molar-refractivity contribution in [2.75, 3.05) is 20.3 Å². The maximum absolute atomic E-state index is 6.20. The molecule has 6 nitrogen and oxygen atoms in total. The van der Waals surface area contributed by atoms with E-state index in [1.807, 2.05) is 18.2 Å². The van der Waals surface area contributed by atoms with Gasteiger partial charge < -0.3 is 19.3 Å². The number of hydrogen-bond donors (Lipinski definition) is 1. The van der Waals surface area contributed by atoms with Crippen LogP contribution in [0.3, 0.4) is 0 Å². The summed E-state index contributed by atoms with van der Waals surface area (Å²) in [6.45, 7) is 4.16. The van der Waals surface area contributed by atoms with Gasteiger partial charge in [-0.15, -0.1) is 0 Å². The number of methoxy groups -OCH3 is 1. The second kappa shape index (κ2) is 7.97. The molecule has 1 aromatic carbocycles. The highest BCUT2D eigenvalue weighted by molar-refractivity contribution is 6.32. The van der Waals surface area contributed by atoms with Gasteiger partial charge in [0, 0.05) is 20.2 Å². The van der Waals surface area contributed by atoms with Crippen molar-refractivity contribution in [3.63, 3.8) is 0 Å². The molecule has 0 spiro atoms. The molecular weight excluding hydrogens is 294 g/mol. The molecule has 21 heavy (non-hydrogen) atoms. The number of ether oxygens (including phenoxy) is 2. The fourth-order valence-electron chi connectivity index (χ4n) is 1.72. The summed E-state index contributed by atoms with van der Waals surface area (Å²) < 4.78 is 15.5. The van der Waals surface area contributed by atoms with Crippen molar-refractivity contribution >= 4 is 11.6 Å². The Morgan fingerprint density at radius 1 is 1.38 bits per heavy atom. The number of halogens is 1. The van der Waals surface area contributed by atoms with E-state index >= 15 is 0 Å². The third-order valence-corrected chi connectivity index (χ3v) is 3.02. The summed E-state index contributed by atoms with van der Waals surface area (Å²) in [5, 5.41) is 7.50. The first-order chi connectivity index (χ1) is 10.2. The Hall–Kier alpha value is -1.63. The predicted molar refractivity (Wildman–Crippen MR) is 78.4 cm³/mol. The normalized spacial score (nSPS) is 10.8. The minimum atomic E-state index is 0.200. The van der Waals surface area contributed by atoms with E-state index in [9.17, 15) is 0 Å². The molecule has 2 aromatic rings. The molecule has 0 bridgehead atoms. The number of benzene rings is 1. The summed E-state index contributed by atoms with van der Waals surface area (Å²) in [7, 11) is 1.68. The van der Waals surface area contributed by atoms with Gasteiger partial charge in [0.05, 0.1) is 11.6 Å². The Morgan fingerprint density at radius 2 is 2.24 bits per heavy atom. The van der Waals surface area contributed by atoms with Crippen LogP contribution in [0.15, 0.2) is 22.7 Å². The molecule has 2 rings (SSSR count). The number of nitrogens with one attached hydrogen (secondary N) is 1. The van der Waals surface area contributed by atoms with Crippen LogP contribution >= 0.6 is 11.6 Å². The first-order valence-corrected chi connectivity index (χ1v) is 6.97. The second-order valence-corrected chi connectivity index (χ2v) is 4.87. The highest BCUT2D eigenvalue weighted by Gasteiger charge is 2.07. The molecule has 1 N–H and O–H groups in total. The van der Waals surface area contributed by atoms with Crippen LogP contribution in [0.5, 0.6) is 5.75 Å². The minimum absolute atomic E-state index is 0.200. The van der Waals surface area contributed by atoms with E-state index in [1.165, 1.54) is 0 Å². The number of aromatic nitrogens is 2. The van der Waals surface area contributed by atoms with E-state index in [2.05, 4.69) is 15.5 Å². The third kappa shape index (κ3) is 5.00. The Kier molecular flexibility index (Phi) is 5.98. The lowest BCUT2D eigenvalue weighted by atomic mass is 10.2. The molecule has 0 unspecified atom stereocenters. The van der Waals surface area contributed by atoms with E-state index in [0.29, 0.717) is 29.1 Å². The van der Waals surface area contributed by atoms with Crippen LogP contribution in [-0.4, -0.2) is 30.4 Å². The van der Waals surface area contributed by atoms with Gasteiger partial charge in [0.15, 0.2) is 12.4 Å². The van der Waals surface area contributed by atoms with Gasteiger partial charge in [-0.25, -0.2) is 0 Å². The fraction of sp³-hybridized carbons (Fsp3) is 0.429. The van der Waals surface area contributed by atoms with Crippen molar-refractivity contribution in [1.29, 1.82) is 0 Å². The van der Waals surface area contributed by atoms with Crippen molar-refractivity contribution in [2.45, 2.75) is 20.1 Å². The van der Waals surface area contributed by atoms with Crippen molar-refractivity contribution in [3.8, 4) is 5.75 Å². The van der Waals surface area contributed by atoms with E-state index in [4.69, 9.17) is 25.6 Å². The monoisotopic (exact) mass is 311 g/mol. The van der Waals surface area contributed by atoms with Gasteiger partial charge in [-0.1, -0.05) is 22.8 Å². The van der Waals surface area contributed by atoms with E-state index in [-0.39, 0.29) is 6.61 Å².